The number of anilines is 1. The lowest BCUT2D eigenvalue weighted by Gasteiger charge is -2.33. The molecule has 2 heterocycles. The highest BCUT2D eigenvalue weighted by Gasteiger charge is 2.55. The first-order valence-electron chi connectivity index (χ1n) is 9.15. The van der Waals surface area contributed by atoms with Gasteiger partial charge in [-0.3, -0.25) is 14.5 Å². The predicted octanol–water partition coefficient (Wildman–Crippen LogP) is 3.53. The topological polar surface area (TPSA) is 87.7 Å². The van der Waals surface area contributed by atoms with Crippen LogP contribution >= 0.6 is 11.6 Å². The third-order valence-electron chi connectivity index (χ3n) is 5.12. The van der Waals surface area contributed by atoms with Crippen LogP contribution < -0.4 is 15.4 Å². The summed E-state index contributed by atoms with van der Waals surface area (Å²) >= 11 is 5.63. The van der Waals surface area contributed by atoms with Crippen LogP contribution in [0.1, 0.15) is 17.5 Å². The van der Waals surface area contributed by atoms with Crippen LogP contribution in [0.2, 0.25) is 5.02 Å². The van der Waals surface area contributed by atoms with E-state index in [1.54, 1.807) is 24.3 Å². The molecule has 1 atom stereocenters. The third kappa shape index (κ3) is 3.67. The fourth-order valence-electron chi connectivity index (χ4n) is 3.71. The highest BCUT2D eigenvalue weighted by Crippen LogP contribution is 2.41. The number of alkyl halides is 3. The number of urea groups is 1. The summed E-state index contributed by atoms with van der Waals surface area (Å²) in [6, 6.07) is 8.75. The van der Waals surface area contributed by atoms with Gasteiger partial charge in [-0.2, -0.15) is 13.2 Å². The monoisotopic (exact) mass is 453 g/mol. The molecule has 0 radical (unpaired) electrons. The van der Waals surface area contributed by atoms with Crippen molar-refractivity contribution in [3.8, 4) is 5.75 Å². The Morgan fingerprint density at radius 3 is 2.71 bits per heavy atom. The molecule has 0 saturated carbocycles. The number of carbonyl (C=O) groups is 3. The van der Waals surface area contributed by atoms with E-state index in [1.165, 1.54) is 6.07 Å². The van der Waals surface area contributed by atoms with Gasteiger partial charge in [-0.1, -0.05) is 29.8 Å². The number of hydrogen-bond donors (Lipinski definition) is 2. The average molecular weight is 454 g/mol. The van der Waals surface area contributed by atoms with Gasteiger partial charge in [-0.15, -0.1) is 0 Å². The molecule has 11 heteroatoms. The molecule has 162 valence electrons. The number of carbonyl (C=O) groups excluding carboxylic acids is 3. The van der Waals surface area contributed by atoms with Gasteiger partial charge < -0.3 is 15.4 Å². The van der Waals surface area contributed by atoms with Crippen LogP contribution in [0.25, 0.3) is 0 Å². The Labute approximate surface area is 179 Å². The van der Waals surface area contributed by atoms with Gasteiger partial charge >= 0.3 is 12.2 Å². The summed E-state index contributed by atoms with van der Waals surface area (Å²) in [7, 11) is 0. The van der Waals surface area contributed by atoms with Crippen LogP contribution in [-0.4, -0.2) is 35.9 Å². The molecule has 1 fully saturated rings. The van der Waals surface area contributed by atoms with Gasteiger partial charge in [0.25, 0.3) is 5.91 Å². The van der Waals surface area contributed by atoms with E-state index in [0.717, 1.165) is 6.07 Å². The van der Waals surface area contributed by atoms with Crippen LogP contribution in [0.3, 0.4) is 0 Å². The zero-order valence-electron chi connectivity index (χ0n) is 15.8. The summed E-state index contributed by atoms with van der Waals surface area (Å²) in [6.07, 6.45) is -4.60. The van der Waals surface area contributed by atoms with E-state index >= 15 is 0 Å². The first-order chi connectivity index (χ1) is 14.6. The average Bonchev–Trinajstić information content (AvgIpc) is 2.94. The van der Waals surface area contributed by atoms with E-state index in [-0.39, 0.29) is 18.1 Å². The SMILES string of the molecule is O=C(CN1C(=O)N[C@@]2(CCOc3ccccc32)C1=O)Nc1ccc(Cl)cc1C(F)(F)F. The number of halogens is 4. The summed E-state index contributed by atoms with van der Waals surface area (Å²) < 4.78 is 45.2. The van der Waals surface area contributed by atoms with Crippen molar-refractivity contribution < 1.29 is 32.3 Å². The van der Waals surface area contributed by atoms with Crippen molar-refractivity contribution in [3.63, 3.8) is 0 Å². The van der Waals surface area contributed by atoms with E-state index in [0.29, 0.717) is 22.3 Å². The predicted molar refractivity (Wildman–Crippen MR) is 104 cm³/mol. The van der Waals surface area contributed by atoms with Crippen LogP contribution in [-0.2, 0) is 21.3 Å². The first-order valence-corrected chi connectivity index (χ1v) is 9.52. The molecule has 0 aromatic heterocycles. The molecule has 7 nitrogen and oxygen atoms in total. The van der Waals surface area contributed by atoms with E-state index in [4.69, 9.17) is 16.3 Å². The number of nitrogens with zero attached hydrogens (tertiary/aromatic N) is 1. The van der Waals surface area contributed by atoms with Gasteiger partial charge in [-0.05, 0) is 24.3 Å². The Morgan fingerprint density at radius 1 is 1.23 bits per heavy atom. The minimum absolute atomic E-state index is 0.153. The van der Waals surface area contributed by atoms with Gasteiger partial charge in [-0.25, -0.2) is 4.79 Å². The number of amides is 4. The van der Waals surface area contributed by atoms with Gasteiger partial charge in [0, 0.05) is 17.0 Å². The standard InChI is InChI=1S/C20H15ClF3N3O4/c21-11-5-6-14(13(9-11)20(22,23)24)25-16(28)10-27-17(29)19(26-18(27)30)7-8-31-15-4-2-1-3-12(15)19/h1-6,9H,7-8,10H2,(H,25,28)(H,26,30)/t19-/m1/s1. The maximum atomic E-state index is 13.2. The number of para-hydroxylation sites is 1. The summed E-state index contributed by atoms with van der Waals surface area (Å²) in [5, 5.41) is 4.57. The number of ether oxygens (including phenoxy) is 1. The van der Waals surface area contributed by atoms with E-state index in [2.05, 4.69) is 10.6 Å². The van der Waals surface area contributed by atoms with Crippen LogP contribution in [0.5, 0.6) is 5.75 Å². The summed E-state index contributed by atoms with van der Waals surface area (Å²) in [6.45, 7) is -0.585. The summed E-state index contributed by atoms with van der Waals surface area (Å²) in [5.41, 5.74) is -2.59. The number of rotatable bonds is 3. The van der Waals surface area contributed by atoms with Gasteiger partial charge in [0.2, 0.25) is 5.91 Å². The van der Waals surface area contributed by atoms with Crippen molar-refractivity contribution in [1.82, 2.24) is 10.2 Å². The quantitative estimate of drug-likeness (QED) is 0.696. The highest BCUT2D eigenvalue weighted by molar-refractivity contribution is 6.30. The Kier molecular flexibility index (Phi) is 5.04. The fraction of sp³-hybridized carbons (Fsp3) is 0.250. The van der Waals surface area contributed by atoms with Crippen LogP contribution in [0.4, 0.5) is 23.7 Å². The molecule has 1 spiro atoms. The van der Waals surface area contributed by atoms with Gasteiger partial charge in [0.15, 0.2) is 5.54 Å². The lowest BCUT2D eigenvalue weighted by atomic mass is 9.84. The third-order valence-corrected chi connectivity index (χ3v) is 5.36. The lowest BCUT2D eigenvalue weighted by Crippen LogP contribution is -2.48. The molecular weight excluding hydrogens is 439 g/mol. The minimum atomic E-state index is -4.76. The van der Waals surface area contributed by atoms with Crippen molar-refractivity contribution in [1.29, 1.82) is 0 Å². The maximum Gasteiger partial charge on any atom is 0.418 e. The maximum absolute atomic E-state index is 13.2. The normalized spacial score (nSPS) is 20.3. The Balaban J connectivity index is 1.56. The second kappa shape index (κ2) is 7.45. The second-order valence-electron chi connectivity index (χ2n) is 7.06. The molecule has 4 rings (SSSR count). The molecule has 2 aliphatic rings. The molecule has 2 aliphatic heterocycles. The van der Waals surface area contributed by atoms with E-state index in [1.807, 2.05) is 0 Å². The zero-order chi connectivity index (χ0) is 22.4. The van der Waals surface area contributed by atoms with Gasteiger partial charge in [0.1, 0.15) is 12.3 Å². The number of benzene rings is 2. The lowest BCUT2D eigenvalue weighted by molar-refractivity contribution is -0.137. The number of hydrogen-bond acceptors (Lipinski definition) is 4. The van der Waals surface area contributed by atoms with Crippen molar-refractivity contribution in [2.75, 3.05) is 18.5 Å². The molecule has 2 N–H and O–H groups in total. The molecule has 2 aromatic rings. The molecule has 0 unspecified atom stereocenters. The zero-order valence-corrected chi connectivity index (χ0v) is 16.5. The van der Waals surface area contributed by atoms with Crippen LogP contribution in [0, 0.1) is 0 Å². The number of fused-ring (bicyclic) bond motifs is 2. The summed E-state index contributed by atoms with van der Waals surface area (Å²) in [5.74, 6) is -1.20. The molecule has 2 aromatic carbocycles. The molecule has 4 amide bonds. The second-order valence-corrected chi connectivity index (χ2v) is 7.49. The molecular formula is C20H15ClF3N3O4. The molecule has 0 bridgehead atoms. The van der Waals surface area contributed by atoms with Crippen molar-refractivity contribution >= 4 is 35.1 Å². The largest absolute Gasteiger partial charge is 0.493 e. The van der Waals surface area contributed by atoms with E-state index < -0.39 is 47.4 Å². The Hall–Kier alpha value is -3.27. The van der Waals surface area contributed by atoms with Gasteiger partial charge in [0.05, 0.1) is 17.9 Å². The van der Waals surface area contributed by atoms with Crippen molar-refractivity contribution in [2.45, 2.75) is 18.1 Å². The molecule has 0 aliphatic carbocycles. The first kappa shape index (κ1) is 21.0. The number of imide groups is 1. The van der Waals surface area contributed by atoms with Crippen molar-refractivity contribution in [2.24, 2.45) is 0 Å². The minimum Gasteiger partial charge on any atom is -0.493 e. The molecule has 31 heavy (non-hydrogen) atoms. The smallest absolute Gasteiger partial charge is 0.418 e. The highest BCUT2D eigenvalue weighted by atomic mass is 35.5. The fourth-order valence-corrected chi connectivity index (χ4v) is 3.88. The Bertz CT molecular complexity index is 1090. The molecule has 1 saturated heterocycles. The Morgan fingerprint density at radius 2 is 1.97 bits per heavy atom. The number of nitrogens with one attached hydrogen (secondary N) is 2. The van der Waals surface area contributed by atoms with Crippen LogP contribution in [0.15, 0.2) is 42.5 Å². The summed E-state index contributed by atoms with van der Waals surface area (Å²) in [4.78, 5) is 38.7. The van der Waals surface area contributed by atoms with Crippen molar-refractivity contribution in [3.05, 3.63) is 58.6 Å². The van der Waals surface area contributed by atoms with E-state index in [9.17, 15) is 27.6 Å².